The summed E-state index contributed by atoms with van der Waals surface area (Å²) in [6.07, 6.45) is -0.147. The first-order chi connectivity index (χ1) is 13.5. The van der Waals surface area contributed by atoms with Crippen LogP contribution in [0.3, 0.4) is 0 Å². The number of carbonyl (C=O) groups is 1. The maximum atomic E-state index is 12.5. The summed E-state index contributed by atoms with van der Waals surface area (Å²) in [6, 6.07) is 9.01. The van der Waals surface area contributed by atoms with Crippen LogP contribution >= 0.6 is 11.3 Å². The van der Waals surface area contributed by atoms with Crippen LogP contribution in [0, 0.1) is 0 Å². The van der Waals surface area contributed by atoms with Crippen LogP contribution in [-0.4, -0.2) is 41.6 Å². The number of amides is 1. The topological polar surface area (TPSA) is 85.6 Å². The van der Waals surface area contributed by atoms with Gasteiger partial charge in [-0.3, -0.25) is 9.48 Å². The number of aliphatic hydroxyl groups is 1. The standard InChI is InChI=1S/C20H23N3O4S/c1-23-17(20(25)21-8-6-18(24)13-7-9-28-12-13)11-16(22-23)15-10-14(26-2)4-5-19(15)27-3/h4-5,7,9-12,18,24H,6,8H2,1-3H3,(H,21,25). The molecule has 3 aromatic rings. The van der Waals surface area contributed by atoms with Crippen molar-refractivity contribution >= 4 is 17.2 Å². The molecule has 0 aliphatic heterocycles. The molecule has 7 nitrogen and oxygen atoms in total. The zero-order chi connectivity index (χ0) is 20.1. The van der Waals surface area contributed by atoms with E-state index in [1.54, 1.807) is 39.5 Å². The van der Waals surface area contributed by atoms with Crippen molar-refractivity contribution < 1.29 is 19.4 Å². The lowest BCUT2D eigenvalue weighted by atomic mass is 10.1. The third-order valence-electron chi connectivity index (χ3n) is 4.43. The van der Waals surface area contributed by atoms with E-state index in [4.69, 9.17) is 9.47 Å². The molecule has 0 saturated carbocycles. The molecule has 2 N–H and O–H groups in total. The molecular weight excluding hydrogens is 378 g/mol. The number of thiophene rings is 1. The smallest absolute Gasteiger partial charge is 0.269 e. The first-order valence-electron chi connectivity index (χ1n) is 8.78. The average Bonchev–Trinajstić information content (AvgIpc) is 3.37. The molecule has 2 heterocycles. The Morgan fingerprint density at radius 3 is 2.79 bits per heavy atom. The number of carbonyl (C=O) groups excluding carboxylic acids is 1. The second kappa shape index (κ2) is 8.90. The number of methoxy groups -OCH3 is 2. The number of benzene rings is 1. The van der Waals surface area contributed by atoms with E-state index in [2.05, 4.69) is 10.4 Å². The highest BCUT2D eigenvalue weighted by atomic mass is 32.1. The van der Waals surface area contributed by atoms with Crippen molar-refractivity contribution in [3.8, 4) is 22.8 Å². The van der Waals surface area contributed by atoms with Gasteiger partial charge < -0.3 is 19.9 Å². The molecule has 1 aromatic carbocycles. The van der Waals surface area contributed by atoms with Gasteiger partial charge in [-0.15, -0.1) is 0 Å². The Balaban J connectivity index is 1.71. The van der Waals surface area contributed by atoms with Gasteiger partial charge in [-0.25, -0.2) is 0 Å². The van der Waals surface area contributed by atoms with Crippen molar-refractivity contribution in [2.45, 2.75) is 12.5 Å². The highest BCUT2D eigenvalue weighted by Crippen LogP contribution is 2.32. The first-order valence-corrected chi connectivity index (χ1v) is 9.72. The fourth-order valence-corrected chi connectivity index (χ4v) is 3.58. The van der Waals surface area contributed by atoms with Gasteiger partial charge in [-0.2, -0.15) is 16.4 Å². The first kappa shape index (κ1) is 19.9. The van der Waals surface area contributed by atoms with Gasteiger partial charge in [-0.05, 0) is 53.1 Å². The summed E-state index contributed by atoms with van der Waals surface area (Å²) in [5, 5.41) is 21.2. The predicted molar refractivity (Wildman–Crippen MR) is 108 cm³/mol. The van der Waals surface area contributed by atoms with E-state index < -0.39 is 6.10 Å². The van der Waals surface area contributed by atoms with Gasteiger partial charge >= 0.3 is 0 Å². The van der Waals surface area contributed by atoms with Gasteiger partial charge in [0.15, 0.2) is 0 Å². The van der Waals surface area contributed by atoms with E-state index in [0.717, 1.165) is 11.1 Å². The third-order valence-corrected chi connectivity index (χ3v) is 5.13. The monoisotopic (exact) mass is 401 g/mol. The Morgan fingerprint density at radius 2 is 2.11 bits per heavy atom. The van der Waals surface area contributed by atoms with Crippen LogP contribution in [0.1, 0.15) is 28.6 Å². The van der Waals surface area contributed by atoms with Crippen LogP contribution in [0.2, 0.25) is 0 Å². The summed E-state index contributed by atoms with van der Waals surface area (Å²) in [5.41, 5.74) is 2.64. The lowest BCUT2D eigenvalue weighted by Gasteiger charge is -2.09. The molecule has 28 heavy (non-hydrogen) atoms. The molecule has 148 valence electrons. The van der Waals surface area contributed by atoms with Crippen molar-refractivity contribution in [3.63, 3.8) is 0 Å². The average molecular weight is 401 g/mol. The molecular formula is C20H23N3O4S. The summed E-state index contributed by atoms with van der Waals surface area (Å²) in [4.78, 5) is 12.5. The number of ether oxygens (including phenoxy) is 2. The van der Waals surface area contributed by atoms with E-state index in [9.17, 15) is 9.90 Å². The number of hydrogen-bond acceptors (Lipinski definition) is 6. The molecule has 1 unspecified atom stereocenters. The van der Waals surface area contributed by atoms with Crippen LogP contribution in [0.25, 0.3) is 11.3 Å². The Hall–Kier alpha value is -2.84. The van der Waals surface area contributed by atoms with Gasteiger partial charge in [0.05, 0.1) is 26.0 Å². The molecule has 0 spiro atoms. The Kier molecular flexibility index (Phi) is 6.33. The summed E-state index contributed by atoms with van der Waals surface area (Å²) < 4.78 is 12.2. The van der Waals surface area contributed by atoms with Crippen molar-refractivity contribution in [2.75, 3.05) is 20.8 Å². The van der Waals surface area contributed by atoms with Crippen LogP contribution in [0.4, 0.5) is 0 Å². The Bertz CT molecular complexity index is 937. The number of aliphatic hydroxyl groups excluding tert-OH is 1. The lowest BCUT2D eigenvalue weighted by Crippen LogP contribution is -2.27. The highest BCUT2D eigenvalue weighted by Gasteiger charge is 2.17. The quantitative estimate of drug-likeness (QED) is 0.606. The number of rotatable bonds is 8. The third kappa shape index (κ3) is 4.35. The van der Waals surface area contributed by atoms with Gasteiger partial charge in [0.25, 0.3) is 5.91 Å². The number of hydrogen-bond donors (Lipinski definition) is 2. The summed E-state index contributed by atoms with van der Waals surface area (Å²) in [6.45, 7) is 0.360. The molecule has 3 rings (SSSR count). The number of aryl methyl sites for hydroxylation is 1. The predicted octanol–water partition coefficient (Wildman–Crippen LogP) is 3.02. The summed E-state index contributed by atoms with van der Waals surface area (Å²) in [7, 11) is 4.89. The van der Waals surface area contributed by atoms with E-state index >= 15 is 0 Å². The zero-order valence-electron chi connectivity index (χ0n) is 16.0. The van der Waals surface area contributed by atoms with Crippen LogP contribution in [0.15, 0.2) is 41.1 Å². The molecule has 0 saturated heterocycles. The minimum Gasteiger partial charge on any atom is -0.497 e. The molecule has 0 aliphatic carbocycles. The highest BCUT2D eigenvalue weighted by molar-refractivity contribution is 7.07. The number of nitrogens with zero attached hydrogens (tertiary/aromatic N) is 2. The minimum absolute atomic E-state index is 0.249. The minimum atomic E-state index is -0.588. The molecule has 2 aromatic heterocycles. The SMILES string of the molecule is COc1ccc(OC)c(-c2cc(C(=O)NCCC(O)c3ccsc3)n(C)n2)c1. The van der Waals surface area contributed by atoms with Crippen molar-refractivity contribution in [3.05, 3.63) is 52.3 Å². The number of aromatic nitrogens is 2. The van der Waals surface area contributed by atoms with E-state index in [-0.39, 0.29) is 5.91 Å². The van der Waals surface area contributed by atoms with Crippen molar-refractivity contribution in [1.29, 1.82) is 0 Å². The van der Waals surface area contributed by atoms with Gasteiger partial charge in [0, 0.05) is 19.2 Å². The molecule has 0 bridgehead atoms. The molecule has 1 atom stereocenters. The maximum absolute atomic E-state index is 12.5. The van der Waals surface area contributed by atoms with Crippen LogP contribution in [0.5, 0.6) is 11.5 Å². The fourth-order valence-electron chi connectivity index (χ4n) is 2.87. The van der Waals surface area contributed by atoms with E-state index in [1.807, 2.05) is 22.9 Å². The Labute approximate surface area is 167 Å². The van der Waals surface area contributed by atoms with Crippen LogP contribution in [-0.2, 0) is 7.05 Å². The zero-order valence-corrected chi connectivity index (χ0v) is 16.8. The molecule has 0 fully saturated rings. The largest absolute Gasteiger partial charge is 0.497 e. The van der Waals surface area contributed by atoms with Crippen molar-refractivity contribution in [1.82, 2.24) is 15.1 Å². The fraction of sp³-hybridized carbons (Fsp3) is 0.300. The van der Waals surface area contributed by atoms with Crippen molar-refractivity contribution in [2.24, 2.45) is 7.05 Å². The molecule has 1 amide bonds. The second-order valence-corrected chi connectivity index (χ2v) is 7.00. The maximum Gasteiger partial charge on any atom is 0.269 e. The van der Waals surface area contributed by atoms with E-state index in [1.165, 1.54) is 16.0 Å². The molecule has 0 aliphatic rings. The van der Waals surface area contributed by atoms with E-state index in [0.29, 0.717) is 35.9 Å². The van der Waals surface area contributed by atoms with Gasteiger partial charge in [0.1, 0.15) is 17.2 Å². The summed E-state index contributed by atoms with van der Waals surface area (Å²) in [5.74, 6) is 1.07. The summed E-state index contributed by atoms with van der Waals surface area (Å²) >= 11 is 1.53. The number of nitrogens with one attached hydrogen (secondary N) is 1. The van der Waals surface area contributed by atoms with Crippen LogP contribution < -0.4 is 14.8 Å². The normalized spacial score (nSPS) is 11.9. The lowest BCUT2D eigenvalue weighted by molar-refractivity contribution is 0.0933. The molecule has 0 radical (unpaired) electrons. The van der Waals surface area contributed by atoms with Gasteiger partial charge in [-0.1, -0.05) is 0 Å². The second-order valence-electron chi connectivity index (χ2n) is 6.22. The Morgan fingerprint density at radius 1 is 1.29 bits per heavy atom. The molecule has 8 heteroatoms. The van der Waals surface area contributed by atoms with Gasteiger partial charge in [0.2, 0.25) is 0 Å².